The van der Waals surface area contributed by atoms with Gasteiger partial charge in [0.1, 0.15) is 17.6 Å². The first kappa shape index (κ1) is 20.2. The SMILES string of the molecule is CNc1cc2c(cn1)c(-c1cnn(C)c1)nn2[C@H]1CC[C@@H](Oc2ccc(OC)nn2)CC1. The topological polar surface area (TPSA) is 105 Å². The van der Waals surface area contributed by atoms with Gasteiger partial charge in [0, 0.05) is 55.6 Å². The van der Waals surface area contributed by atoms with Gasteiger partial charge in [-0.1, -0.05) is 0 Å². The summed E-state index contributed by atoms with van der Waals surface area (Å²) in [4.78, 5) is 4.51. The van der Waals surface area contributed by atoms with Crippen LogP contribution in [0.1, 0.15) is 31.7 Å². The van der Waals surface area contributed by atoms with Crippen molar-refractivity contribution in [3.05, 3.63) is 36.8 Å². The number of pyridine rings is 1. The maximum absolute atomic E-state index is 6.05. The Hall–Kier alpha value is -3.69. The van der Waals surface area contributed by atoms with E-state index in [2.05, 4.69) is 36.3 Å². The number of fused-ring (bicyclic) bond motifs is 1. The van der Waals surface area contributed by atoms with Crippen LogP contribution in [0.4, 0.5) is 5.82 Å². The molecule has 1 aliphatic rings. The Morgan fingerprint density at radius 1 is 1.06 bits per heavy atom. The molecule has 0 aliphatic heterocycles. The Kier molecular flexibility index (Phi) is 5.34. The Morgan fingerprint density at radius 2 is 1.84 bits per heavy atom. The van der Waals surface area contributed by atoms with E-state index in [-0.39, 0.29) is 12.1 Å². The summed E-state index contributed by atoms with van der Waals surface area (Å²) in [6, 6.07) is 5.91. The third-order valence-corrected chi connectivity index (χ3v) is 5.93. The van der Waals surface area contributed by atoms with Crippen LogP contribution >= 0.6 is 0 Å². The highest BCUT2D eigenvalue weighted by Gasteiger charge is 2.27. The molecule has 4 aromatic rings. The van der Waals surface area contributed by atoms with Gasteiger partial charge in [-0.25, -0.2) is 4.98 Å². The maximum atomic E-state index is 6.05. The minimum Gasteiger partial charge on any atom is -0.480 e. The second-order valence-electron chi connectivity index (χ2n) is 7.99. The molecule has 0 atom stereocenters. The van der Waals surface area contributed by atoms with Gasteiger partial charge < -0.3 is 14.8 Å². The van der Waals surface area contributed by atoms with Crippen molar-refractivity contribution in [3.8, 4) is 23.0 Å². The van der Waals surface area contributed by atoms with Crippen LogP contribution in [0.25, 0.3) is 22.2 Å². The lowest BCUT2D eigenvalue weighted by atomic mass is 9.93. The van der Waals surface area contributed by atoms with Gasteiger partial charge in [-0.2, -0.15) is 10.2 Å². The zero-order valence-electron chi connectivity index (χ0n) is 18.4. The second-order valence-corrected chi connectivity index (χ2v) is 7.99. The molecule has 32 heavy (non-hydrogen) atoms. The summed E-state index contributed by atoms with van der Waals surface area (Å²) in [6.07, 6.45) is 9.62. The highest BCUT2D eigenvalue weighted by molar-refractivity contribution is 5.93. The highest BCUT2D eigenvalue weighted by atomic mass is 16.5. The summed E-state index contributed by atoms with van der Waals surface area (Å²) in [6.45, 7) is 0. The molecule has 0 amide bonds. The lowest BCUT2D eigenvalue weighted by Gasteiger charge is -2.29. The molecule has 1 aliphatic carbocycles. The molecule has 5 rings (SSSR count). The summed E-state index contributed by atoms with van der Waals surface area (Å²) >= 11 is 0. The van der Waals surface area contributed by atoms with Crippen LogP contribution in [-0.4, -0.2) is 55.0 Å². The average Bonchev–Trinajstić information content (AvgIpc) is 3.43. The minimum absolute atomic E-state index is 0.114. The summed E-state index contributed by atoms with van der Waals surface area (Å²) < 4.78 is 15.1. The number of anilines is 1. The summed E-state index contributed by atoms with van der Waals surface area (Å²) in [5, 5.41) is 21.6. The first-order valence-corrected chi connectivity index (χ1v) is 10.7. The van der Waals surface area contributed by atoms with E-state index in [0.717, 1.165) is 53.7 Å². The van der Waals surface area contributed by atoms with Crippen molar-refractivity contribution in [2.24, 2.45) is 7.05 Å². The van der Waals surface area contributed by atoms with Crippen molar-refractivity contribution < 1.29 is 9.47 Å². The number of aromatic nitrogens is 7. The Bertz CT molecular complexity index is 1210. The summed E-state index contributed by atoms with van der Waals surface area (Å²) in [5.74, 6) is 1.83. The maximum Gasteiger partial charge on any atom is 0.233 e. The largest absolute Gasteiger partial charge is 0.480 e. The zero-order chi connectivity index (χ0) is 22.1. The van der Waals surface area contributed by atoms with Crippen molar-refractivity contribution in [2.45, 2.75) is 37.8 Å². The minimum atomic E-state index is 0.114. The number of hydrogen-bond donors (Lipinski definition) is 1. The first-order valence-electron chi connectivity index (χ1n) is 10.7. The fourth-order valence-corrected chi connectivity index (χ4v) is 4.26. The van der Waals surface area contributed by atoms with Crippen molar-refractivity contribution in [1.29, 1.82) is 0 Å². The van der Waals surface area contributed by atoms with Crippen molar-refractivity contribution >= 4 is 16.7 Å². The molecule has 10 heteroatoms. The molecule has 0 spiro atoms. The molecule has 0 bridgehead atoms. The van der Waals surface area contributed by atoms with Gasteiger partial charge in [0.05, 0.1) is 24.9 Å². The number of rotatable bonds is 6. The third-order valence-electron chi connectivity index (χ3n) is 5.93. The van der Waals surface area contributed by atoms with E-state index in [1.54, 1.807) is 23.9 Å². The quantitative estimate of drug-likeness (QED) is 0.493. The van der Waals surface area contributed by atoms with Crippen LogP contribution in [0.15, 0.2) is 36.8 Å². The molecule has 166 valence electrons. The fraction of sp³-hybridized carbons (Fsp3) is 0.409. The van der Waals surface area contributed by atoms with Crippen molar-refractivity contribution in [2.75, 3.05) is 19.5 Å². The van der Waals surface area contributed by atoms with E-state index in [9.17, 15) is 0 Å². The van der Waals surface area contributed by atoms with E-state index in [0.29, 0.717) is 11.8 Å². The number of aryl methyl sites for hydroxylation is 1. The van der Waals surface area contributed by atoms with E-state index < -0.39 is 0 Å². The van der Waals surface area contributed by atoms with Gasteiger partial charge in [0.15, 0.2) is 0 Å². The number of nitrogens with zero attached hydrogens (tertiary/aromatic N) is 7. The molecule has 0 radical (unpaired) electrons. The molecule has 10 nitrogen and oxygen atoms in total. The number of nitrogens with one attached hydrogen (secondary N) is 1. The second kappa shape index (κ2) is 8.45. The van der Waals surface area contributed by atoms with E-state index >= 15 is 0 Å². The van der Waals surface area contributed by atoms with E-state index in [1.165, 1.54) is 0 Å². The standard InChI is InChI=1S/C22H26N8O2/c1-23-19-10-18-17(12-24-19)22(14-11-25-29(2)13-14)28-30(18)15-4-6-16(7-5-15)32-21-9-8-20(31-3)26-27-21/h8-13,15-16H,4-7H2,1-3H3,(H,23,24)/t15-,16+. The predicted octanol–water partition coefficient (Wildman–Crippen LogP) is 3.23. The summed E-state index contributed by atoms with van der Waals surface area (Å²) in [7, 11) is 5.36. The molecule has 0 unspecified atom stereocenters. The molecule has 1 saturated carbocycles. The van der Waals surface area contributed by atoms with Gasteiger partial charge in [-0.15, -0.1) is 10.2 Å². The van der Waals surface area contributed by atoms with Crippen molar-refractivity contribution in [3.63, 3.8) is 0 Å². The predicted molar refractivity (Wildman–Crippen MR) is 120 cm³/mol. The molecule has 0 aromatic carbocycles. The van der Waals surface area contributed by atoms with Gasteiger partial charge in [0.25, 0.3) is 0 Å². The van der Waals surface area contributed by atoms with Crippen LogP contribution < -0.4 is 14.8 Å². The normalized spacial score (nSPS) is 18.6. The molecular formula is C22H26N8O2. The smallest absolute Gasteiger partial charge is 0.233 e. The molecule has 4 aromatic heterocycles. The fourth-order valence-electron chi connectivity index (χ4n) is 4.26. The Balaban J connectivity index is 1.37. The number of hydrogen-bond acceptors (Lipinski definition) is 8. The molecule has 0 saturated heterocycles. The van der Waals surface area contributed by atoms with E-state index in [1.807, 2.05) is 32.7 Å². The van der Waals surface area contributed by atoms with Gasteiger partial charge in [0.2, 0.25) is 11.8 Å². The zero-order valence-corrected chi connectivity index (χ0v) is 18.4. The Labute approximate surface area is 185 Å². The van der Waals surface area contributed by atoms with Crippen LogP contribution in [0.2, 0.25) is 0 Å². The van der Waals surface area contributed by atoms with E-state index in [4.69, 9.17) is 14.6 Å². The first-order chi connectivity index (χ1) is 15.6. The van der Waals surface area contributed by atoms with Crippen LogP contribution in [-0.2, 0) is 7.05 Å². The van der Waals surface area contributed by atoms with Crippen LogP contribution in [0.3, 0.4) is 0 Å². The lowest BCUT2D eigenvalue weighted by Crippen LogP contribution is -2.26. The molecule has 1 fully saturated rings. The van der Waals surface area contributed by atoms with Gasteiger partial charge >= 0.3 is 0 Å². The summed E-state index contributed by atoms with van der Waals surface area (Å²) in [5.41, 5.74) is 2.98. The number of methoxy groups -OCH3 is 1. The third kappa shape index (κ3) is 3.83. The lowest BCUT2D eigenvalue weighted by molar-refractivity contribution is 0.124. The van der Waals surface area contributed by atoms with Crippen LogP contribution in [0, 0.1) is 0 Å². The molecule has 1 N–H and O–H groups in total. The average molecular weight is 435 g/mol. The monoisotopic (exact) mass is 434 g/mol. The van der Waals surface area contributed by atoms with Crippen molar-refractivity contribution in [1.82, 2.24) is 34.7 Å². The van der Waals surface area contributed by atoms with Crippen LogP contribution in [0.5, 0.6) is 11.8 Å². The highest BCUT2D eigenvalue weighted by Crippen LogP contribution is 2.36. The van der Waals surface area contributed by atoms with Gasteiger partial charge in [-0.05, 0) is 25.7 Å². The Morgan fingerprint density at radius 3 is 2.50 bits per heavy atom. The van der Waals surface area contributed by atoms with Gasteiger partial charge in [-0.3, -0.25) is 9.36 Å². The molecular weight excluding hydrogens is 408 g/mol. The molecule has 4 heterocycles. The number of ether oxygens (including phenoxy) is 2.